The monoisotopic (exact) mass is 276 g/mol. The molecule has 1 amide bonds. The third-order valence-electron chi connectivity index (χ3n) is 3.35. The predicted molar refractivity (Wildman–Crippen MR) is 74.6 cm³/mol. The molecule has 1 atom stereocenters. The average molecular weight is 276 g/mol. The van der Waals surface area contributed by atoms with Crippen LogP contribution in [0.2, 0.25) is 0 Å². The van der Waals surface area contributed by atoms with Crippen molar-refractivity contribution in [1.29, 1.82) is 0 Å². The minimum absolute atomic E-state index is 0.205. The predicted octanol–water partition coefficient (Wildman–Crippen LogP) is 2.19. The zero-order valence-electron chi connectivity index (χ0n) is 11.8. The summed E-state index contributed by atoms with van der Waals surface area (Å²) in [4.78, 5) is 27.5. The Morgan fingerprint density at radius 1 is 1.45 bits per heavy atom. The number of carbonyl (C=O) groups excluding carboxylic acids is 1. The van der Waals surface area contributed by atoms with Crippen LogP contribution in [0, 0.1) is 5.92 Å². The number of aliphatic carboxylic acids is 1. The molecule has 20 heavy (non-hydrogen) atoms. The van der Waals surface area contributed by atoms with E-state index in [1.807, 2.05) is 13.8 Å². The van der Waals surface area contributed by atoms with Crippen molar-refractivity contribution in [2.75, 3.05) is 0 Å². The van der Waals surface area contributed by atoms with E-state index in [1.165, 1.54) is 0 Å². The van der Waals surface area contributed by atoms with Gasteiger partial charge in [0.15, 0.2) is 0 Å². The van der Waals surface area contributed by atoms with Gasteiger partial charge in [-0.05, 0) is 37.3 Å². The number of hydrogen-bond acceptors (Lipinski definition) is 3. The first-order chi connectivity index (χ1) is 9.47. The summed E-state index contributed by atoms with van der Waals surface area (Å²) in [6.45, 7) is 3.86. The summed E-state index contributed by atoms with van der Waals surface area (Å²) >= 11 is 0. The van der Waals surface area contributed by atoms with E-state index in [0.29, 0.717) is 17.9 Å². The Bertz CT molecular complexity index is 510. The van der Waals surface area contributed by atoms with Crippen molar-refractivity contribution in [1.82, 2.24) is 10.3 Å². The molecule has 0 bridgehead atoms. The van der Waals surface area contributed by atoms with Gasteiger partial charge in [-0.2, -0.15) is 0 Å². The van der Waals surface area contributed by atoms with E-state index in [4.69, 9.17) is 5.11 Å². The van der Waals surface area contributed by atoms with Crippen LogP contribution in [0.3, 0.4) is 0 Å². The largest absolute Gasteiger partial charge is 0.480 e. The number of carbonyl (C=O) groups is 2. The van der Waals surface area contributed by atoms with Gasteiger partial charge in [0.2, 0.25) is 0 Å². The van der Waals surface area contributed by atoms with Gasteiger partial charge in [0.1, 0.15) is 6.04 Å². The summed E-state index contributed by atoms with van der Waals surface area (Å²) < 4.78 is 0. The Kier molecular flexibility index (Phi) is 4.37. The molecule has 2 N–H and O–H groups in total. The number of amides is 1. The second-order valence-corrected chi connectivity index (χ2v) is 5.74. The van der Waals surface area contributed by atoms with Crippen LogP contribution < -0.4 is 5.32 Å². The topological polar surface area (TPSA) is 79.3 Å². The highest BCUT2D eigenvalue weighted by atomic mass is 16.4. The molecular weight excluding hydrogens is 256 g/mol. The summed E-state index contributed by atoms with van der Waals surface area (Å²) in [7, 11) is 0. The Morgan fingerprint density at radius 3 is 2.70 bits per heavy atom. The molecule has 0 saturated heterocycles. The van der Waals surface area contributed by atoms with Crippen LogP contribution in [0.1, 0.15) is 55.1 Å². The van der Waals surface area contributed by atoms with Gasteiger partial charge in [0.25, 0.3) is 5.91 Å². The molecule has 1 aliphatic carbocycles. The van der Waals surface area contributed by atoms with Crippen molar-refractivity contribution in [3.63, 3.8) is 0 Å². The Balaban J connectivity index is 2.05. The molecule has 0 spiro atoms. The first kappa shape index (κ1) is 14.5. The molecule has 0 unspecified atom stereocenters. The van der Waals surface area contributed by atoms with Gasteiger partial charge in [-0.3, -0.25) is 9.78 Å². The molecule has 2 rings (SSSR count). The maximum Gasteiger partial charge on any atom is 0.326 e. The Labute approximate surface area is 118 Å². The van der Waals surface area contributed by atoms with E-state index >= 15 is 0 Å². The van der Waals surface area contributed by atoms with E-state index < -0.39 is 12.0 Å². The molecule has 1 aromatic heterocycles. The maximum atomic E-state index is 12.1. The molecular formula is C15H20N2O3. The molecule has 5 heteroatoms. The molecule has 0 radical (unpaired) electrons. The van der Waals surface area contributed by atoms with Crippen LogP contribution >= 0.6 is 0 Å². The minimum Gasteiger partial charge on any atom is -0.480 e. The molecule has 0 aromatic carbocycles. The van der Waals surface area contributed by atoms with Gasteiger partial charge >= 0.3 is 5.97 Å². The highest BCUT2D eigenvalue weighted by molar-refractivity contribution is 5.96. The lowest BCUT2D eigenvalue weighted by atomic mass is 10.0. The molecule has 1 saturated carbocycles. The van der Waals surface area contributed by atoms with Crippen LogP contribution in [0.4, 0.5) is 0 Å². The standard InChI is InChI=1S/C15H20N2O3/c1-9(2)7-13(15(19)20)17-14(18)11-5-6-16-12(8-11)10-3-4-10/h5-6,8-10,13H,3-4,7H2,1-2H3,(H,17,18)(H,19,20)/t13-/m0/s1. The van der Waals surface area contributed by atoms with Crippen molar-refractivity contribution >= 4 is 11.9 Å². The zero-order chi connectivity index (χ0) is 14.7. The van der Waals surface area contributed by atoms with Crippen LogP contribution in [0.25, 0.3) is 0 Å². The van der Waals surface area contributed by atoms with Gasteiger partial charge in [0, 0.05) is 23.4 Å². The zero-order valence-corrected chi connectivity index (χ0v) is 11.8. The first-order valence-electron chi connectivity index (χ1n) is 6.97. The quantitative estimate of drug-likeness (QED) is 0.834. The average Bonchev–Trinajstić information content (AvgIpc) is 3.21. The van der Waals surface area contributed by atoms with Crippen LogP contribution in [0.15, 0.2) is 18.3 Å². The lowest BCUT2D eigenvalue weighted by Gasteiger charge is -2.16. The van der Waals surface area contributed by atoms with Gasteiger partial charge in [-0.15, -0.1) is 0 Å². The van der Waals surface area contributed by atoms with Gasteiger partial charge in [0.05, 0.1) is 0 Å². The normalized spacial score (nSPS) is 15.9. The fraction of sp³-hybridized carbons (Fsp3) is 0.533. The summed E-state index contributed by atoms with van der Waals surface area (Å²) in [6.07, 6.45) is 4.26. The number of rotatable bonds is 6. The van der Waals surface area contributed by atoms with Gasteiger partial charge < -0.3 is 10.4 Å². The third kappa shape index (κ3) is 3.79. The third-order valence-corrected chi connectivity index (χ3v) is 3.35. The van der Waals surface area contributed by atoms with Crippen LogP contribution in [-0.2, 0) is 4.79 Å². The van der Waals surface area contributed by atoms with Gasteiger partial charge in [-0.25, -0.2) is 4.79 Å². The number of nitrogens with zero attached hydrogens (tertiary/aromatic N) is 1. The molecule has 1 heterocycles. The Hall–Kier alpha value is -1.91. The van der Waals surface area contributed by atoms with E-state index in [-0.39, 0.29) is 11.8 Å². The summed E-state index contributed by atoms with van der Waals surface area (Å²) in [5.74, 6) is -0.671. The smallest absolute Gasteiger partial charge is 0.326 e. The fourth-order valence-electron chi connectivity index (χ4n) is 2.13. The minimum atomic E-state index is -0.997. The second-order valence-electron chi connectivity index (χ2n) is 5.74. The van der Waals surface area contributed by atoms with Crippen LogP contribution in [-0.4, -0.2) is 28.0 Å². The molecule has 0 aliphatic heterocycles. The summed E-state index contributed by atoms with van der Waals surface area (Å²) in [5.41, 5.74) is 1.41. The number of pyridine rings is 1. The molecule has 1 aliphatic rings. The number of hydrogen-bond donors (Lipinski definition) is 2. The molecule has 1 aromatic rings. The summed E-state index contributed by atoms with van der Waals surface area (Å²) in [6, 6.07) is 2.54. The molecule has 1 fully saturated rings. The van der Waals surface area contributed by atoms with E-state index in [9.17, 15) is 9.59 Å². The maximum absolute atomic E-state index is 12.1. The number of carboxylic acid groups (broad SMARTS) is 1. The fourth-order valence-corrected chi connectivity index (χ4v) is 2.13. The van der Waals surface area contributed by atoms with Crippen molar-refractivity contribution < 1.29 is 14.7 Å². The number of nitrogens with one attached hydrogen (secondary N) is 1. The van der Waals surface area contributed by atoms with Crippen molar-refractivity contribution in [2.45, 2.75) is 45.1 Å². The van der Waals surface area contributed by atoms with Crippen molar-refractivity contribution in [3.05, 3.63) is 29.6 Å². The SMILES string of the molecule is CC(C)C[C@H](NC(=O)c1ccnc(C2CC2)c1)C(=O)O. The number of carboxylic acids is 1. The van der Waals surface area contributed by atoms with E-state index in [1.54, 1.807) is 18.3 Å². The Morgan fingerprint density at radius 2 is 2.15 bits per heavy atom. The van der Waals surface area contributed by atoms with Crippen LogP contribution in [0.5, 0.6) is 0 Å². The first-order valence-corrected chi connectivity index (χ1v) is 6.97. The lowest BCUT2D eigenvalue weighted by molar-refractivity contribution is -0.139. The highest BCUT2D eigenvalue weighted by Gasteiger charge is 2.26. The highest BCUT2D eigenvalue weighted by Crippen LogP contribution is 2.38. The van der Waals surface area contributed by atoms with E-state index in [0.717, 1.165) is 18.5 Å². The second kappa shape index (κ2) is 6.03. The summed E-state index contributed by atoms with van der Waals surface area (Å²) in [5, 5.41) is 11.7. The van der Waals surface area contributed by atoms with E-state index in [2.05, 4.69) is 10.3 Å². The molecule has 108 valence electrons. The lowest BCUT2D eigenvalue weighted by Crippen LogP contribution is -2.41. The van der Waals surface area contributed by atoms with Gasteiger partial charge in [-0.1, -0.05) is 13.8 Å². The molecule has 5 nitrogen and oxygen atoms in total. The van der Waals surface area contributed by atoms with Crippen molar-refractivity contribution in [2.24, 2.45) is 5.92 Å². The van der Waals surface area contributed by atoms with Crippen molar-refractivity contribution in [3.8, 4) is 0 Å². The number of aromatic nitrogens is 1.